The molecule has 0 radical (unpaired) electrons. The molecule has 0 fully saturated rings. The SMILES string of the molecule is CC(C)C[C@H](NCc1ccc(OC(F)(F)C(F)C(F)(F)F)cc1)C(=O)O. The normalized spacial score (nSPS) is 15.0. The zero-order valence-corrected chi connectivity index (χ0v) is 14.0. The van der Waals surface area contributed by atoms with Gasteiger partial charge in [-0.15, -0.1) is 0 Å². The third kappa shape index (κ3) is 6.74. The van der Waals surface area contributed by atoms with Gasteiger partial charge in [0.2, 0.25) is 0 Å². The number of hydrogen-bond acceptors (Lipinski definition) is 3. The minimum Gasteiger partial charge on any atom is -0.480 e. The van der Waals surface area contributed by atoms with Gasteiger partial charge in [-0.2, -0.15) is 22.0 Å². The molecule has 1 unspecified atom stereocenters. The van der Waals surface area contributed by atoms with Gasteiger partial charge in [0.15, 0.2) is 0 Å². The lowest BCUT2D eigenvalue weighted by atomic mass is 10.0. The van der Waals surface area contributed by atoms with Crippen LogP contribution in [0.1, 0.15) is 25.8 Å². The first-order valence-electron chi connectivity index (χ1n) is 7.65. The van der Waals surface area contributed by atoms with Crippen molar-refractivity contribution in [3.05, 3.63) is 29.8 Å². The molecule has 2 atom stereocenters. The van der Waals surface area contributed by atoms with Crippen molar-refractivity contribution in [1.29, 1.82) is 0 Å². The van der Waals surface area contributed by atoms with E-state index in [0.29, 0.717) is 12.0 Å². The van der Waals surface area contributed by atoms with E-state index in [9.17, 15) is 31.1 Å². The van der Waals surface area contributed by atoms with E-state index in [1.54, 1.807) is 0 Å². The fourth-order valence-corrected chi connectivity index (χ4v) is 2.06. The third-order valence-electron chi connectivity index (χ3n) is 3.32. The molecule has 26 heavy (non-hydrogen) atoms. The first kappa shape index (κ1) is 22.1. The van der Waals surface area contributed by atoms with Crippen LogP contribution in [0.15, 0.2) is 24.3 Å². The van der Waals surface area contributed by atoms with Gasteiger partial charge in [0.1, 0.15) is 11.8 Å². The standard InChI is InChI=1S/C16H19F6NO3/c1-9(2)7-12(13(24)25)23-8-10-3-5-11(6-4-10)26-16(21,22)14(17)15(18,19)20/h3-6,9,12,14,23H,7-8H2,1-2H3,(H,24,25)/t12-,14?/m0/s1. The van der Waals surface area contributed by atoms with Crippen LogP contribution in [0, 0.1) is 5.92 Å². The minimum absolute atomic E-state index is 0.0919. The number of halogens is 6. The average Bonchev–Trinajstić information content (AvgIpc) is 2.50. The van der Waals surface area contributed by atoms with Crippen LogP contribution in [0.4, 0.5) is 26.3 Å². The number of aliphatic carboxylic acids is 1. The first-order valence-corrected chi connectivity index (χ1v) is 7.65. The van der Waals surface area contributed by atoms with E-state index < -0.39 is 36.2 Å². The number of carboxylic acid groups (broad SMARTS) is 1. The number of hydrogen-bond donors (Lipinski definition) is 2. The summed E-state index contributed by atoms with van der Waals surface area (Å²) < 4.78 is 79.1. The average molecular weight is 387 g/mol. The first-order chi connectivity index (χ1) is 11.8. The van der Waals surface area contributed by atoms with Crippen molar-refractivity contribution < 1.29 is 41.0 Å². The van der Waals surface area contributed by atoms with Crippen LogP contribution < -0.4 is 10.1 Å². The zero-order chi connectivity index (χ0) is 20.1. The molecule has 4 nitrogen and oxygen atoms in total. The summed E-state index contributed by atoms with van der Waals surface area (Å²) in [7, 11) is 0. The highest BCUT2D eigenvalue weighted by atomic mass is 19.4. The van der Waals surface area contributed by atoms with E-state index in [0.717, 1.165) is 12.1 Å². The van der Waals surface area contributed by atoms with Crippen molar-refractivity contribution in [2.75, 3.05) is 0 Å². The fraction of sp³-hybridized carbons (Fsp3) is 0.562. The van der Waals surface area contributed by atoms with Crippen molar-refractivity contribution in [3.8, 4) is 5.75 Å². The van der Waals surface area contributed by atoms with Gasteiger partial charge in [-0.1, -0.05) is 26.0 Å². The highest BCUT2D eigenvalue weighted by Gasteiger charge is 2.59. The lowest BCUT2D eigenvalue weighted by molar-refractivity contribution is -0.304. The number of carboxylic acids is 1. The van der Waals surface area contributed by atoms with Crippen LogP contribution >= 0.6 is 0 Å². The predicted molar refractivity (Wildman–Crippen MR) is 80.7 cm³/mol. The summed E-state index contributed by atoms with van der Waals surface area (Å²) in [4.78, 5) is 11.1. The summed E-state index contributed by atoms with van der Waals surface area (Å²) in [6, 6.07) is 3.61. The van der Waals surface area contributed by atoms with Crippen LogP contribution in [0.2, 0.25) is 0 Å². The van der Waals surface area contributed by atoms with Crippen molar-refractivity contribution in [2.24, 2.45) is 5.92 Å². The summed E-state index contributed by atoms with van der Waals surface area (Å²) >= 11 is 0. The molecular formula is C16H19F6NO3. The maximum absolute atomic E-state index is 13.2. The van der Waals surface area contributed by atoms with Gasteiger partial charge in [0, 0.05) is 6.54 Å². The Hall–Kier alpha value is -1.97. The van der Waals surface area contributed by atoms with Crippen LogP contribution in [0.25, 0.3) is 0 Å². The molecule has 0 heterocycles. The van der Waals surface area contributed by atoms with Crippen LogP contribution in [0.5, 0.6) is 5.75 Å². The largest absolute Gasteiger partial charge is 0.480 e. The van der Waals surface area contributed by atoms with Crippen molar-refractivity contribution in [1.82, 2.24) is 5.32 Å². The summed E-state index contributed by atoms with van der Waals surface area (Å²) in [5.74, 6) is -1.56. The maximum Gasteiger partial charge on any atom is 0.439 e. The lowest BCUT2D eigenvalue weighted by Crippen LogP contribution is -2.45. The van der Waals surface area contributed by atoms with Gasteiger partial charge >= 0.3 is 18.3 Å². The van der Waals surface area contributed by atoms with Gasteiger partial charge < -0.3 is 15.2 Å². The summed E-state index contributed by atoms with van der Waals surface area (Å²) in [6.07, 6.45) is -14.9. The Morgan fingerprint density at radius 1 is 1.15 bits per heavy atom. The minimum atomic E-state index is -5.75. The van der Waals surface area contributed by atoms with Gasteiger partial charge in [0.05, 0.1) is 0 Å². The molecule has 0 saturated heterocycles. The molecular weight excluding hydrogens is 368 g/mol. The quantitative estimate of drug-likeness (QED) is 0.625. The Morgan fingerprint density at radius 3 is 2.12 bits per heavy atom. The molecule has 0 bridgehead atoms. The zero-order valence-electron chi connectivity index (χ0n) is 14.0. The van der Waals surface area contributed by atoms with Gasteiger partial charge in [0.25, 0.3) is 6.17 Å². The number of benzene rings is 1. The molecule has 0 aliphatic carbocycles. The van der Waals surface area contributed by atoms with Gasteiger partial charge in [-0.25, -0.2) is 4.39 Å². The smallest absolute Gasteiger partial charge is 0.439 e. The summed E-state index contributed by atoms with van der Waals surface area (Å²) in [5, 5.41) is 11.9. The maximum atomic E-state index is 13.2. The van der Waals surface area contributed by atoms with Gasteiger partial charge in [-0.05, 0) is 30.0 Å². The van der Waals surface area contributed by atoms with Crippen molar-refractivity contribution in [3.63, 3.8) is 0 Å². The number of nitrogens with one attached hydrogen (secondary N) is 1. The molecule has 0 amide bonds. The molecule has 148 valence electrons. The van der Waals surface area contributed by atoms with Crippen molar-refractivity contribution in [2.45, 2.75) is 51.3 Å². The fourth-order valence-electron chi connectivity index (χ4n) is 2.06. The molecule has 1 rings (SSSR count). The topological polar surface area (TPSA) is 58.6 Å². The van der Waals surface area contributed by atoms with Crippen molar-refractivity contribution >= 4 is 5.97 Å². The van der Waals surface area contributed by atoms with E-state index in [-0.39, 0.29) is 12.5 Å². The summed E-state index contributed by atoms with van der Waals surface area (Å²) in [6.45, 7) is 3.79. The van der Waals surface area contributed by atoms with E-state index in [1.165, 1.54) is 12.1 Å². The molecule has 0 spiro atoms. The Bertz CT molecular complexity index is 589. The molecule has 10 heteroatoms. The van der Waals surface area contributed by atoms with E-state index in [1.807, 2.05) is 13.8 Å². The number of rotatable bonds is 9. The molecule has 2 N–H and O–H groups in total. The van der Waals surface area contributed by atoms with Crippen LogP contribution in [-0.2, 0) is 11.3 Å². The Labute approximate surface area is 146 Å². The van der Waals surface area contributed by atoms with E-state index >= 15 is 0 Å². The second-order valence-electron chi connectivity index (χ2n) is 6.11. The Morgan fingerprint density at radius 2 is 1.69 bits per heavy atom. The lowest BCUT2D eigenvalue weighted by Gasteiger charge is -2.23. The summed E-state index contributed by atoms with van der Waals surface area (Å²) in [5.41, 5.74) is 0.489. The third-order valence-corrected chi connectivity index (χ3v) is 3.32. The molecule has 0 aromatic heterocycles. The van der Waals surface area contributed by atoms with Crippen LogP contribution in [-0.4, -0.2) is 35.6 Å². The Kier molecular flexibility index (Phi) is 7.31. The molecule has 0 aliphatic heterocycles. The number of ether oxygens (including phenoxy) is 1. The number of alkyl halides is 6. The van der Waals surface area contributed by atoms with Crippen LogP contribution in [0.3, 0.4) is 0 Å². The highest BCUT2D eigenvalue weighted by Crippen LogP contribution is 2.36. The number of carbonyl (C=O) groups is 1. The highest BCUT2D eigenvalue weighted by molar-refractivity contribution is 5.73. The second kappa shape index (κ2) is 8.61. The monoisotopic (exact) mass is 387 g/mol. The predicted octanol–water partition coefficient (Wildman–Crippen LogP) is 4.15. The Balaban J connectivity index is 2.70. The molecule has 1 aromatic carbocycles. The molecule has 0 aliphatic rings. The second-order valence-corrected chi connectivity index (χ2v) is 6.11. The van der Waals surface area contributed by atoms with Gasteiger partial charge in [-0.3, -0.25) is 4.79 Å². The molecule has 0 saturated carbocycles. The van der Waals surface area contributed by atoms with E-state index in [4.69, 9.17) is 5.11 Å². The molecule has 1 aromatic rings. The van der Waals surface area contributed by atoms with E-state index in [2.05, 4.69) is 10.1 Å².